The van der Waals surface area contributed by atoms with Crippen molar-refractivity contribution < 1.29 is 23.8 Å². The van der Waals surface area contributed by atoms with Gasteiger partial charge >= 0.3 is 0 Å². The second-order valence-electron chi connectivity index (χ2n) is 8.03. The monoisotopic (exact) mass is 422 g/mol. The van der Waals surface area contributed by atoms with E-state index in [1.807, 2.05) is 36.4 Å². The predicted octanol–water partition coefficient (Wildman–Crippen LogP) is 4.90. The maximum atomic E-state index is 10.2. The summed E-state index contributed by atoms with van der Waals surface area (Å²) in [5.74, 6) is 2.85. The first kappa shape index (κ1) is 19.8. The van der Waals surface area contributed by atoms with Crippen molar-refractivity contribution in [1.29, 1.82) is 0 Å². The topological polar surface area (TPSA) is 77.2 Å². The van der Waals surface area contributed by atoms with E-state index >= 15 is 0 Å². The van der Waals surface area contributed by atoms with Crippen molar-refractivity contribution in [2.24, 2.45) is 0 Å². The molecule has 0 radical (unpaired) electrons. The van der Waals surface area contributed by atoms with E-state index in [2.05, 4.69) is 10.1 Å². The normalized spacial score (nSPS) is 18.7. The van der Waals surface area contributed by atoms with Gasteiger partial charge in [-0.05, 0) is 55.3 Å². The molecule has 3 heterocycles. The quantitative estimate of drug-likeness (QED) is 0.626. The first-order valence-corrected chi connectivity index (χ1v) is 10.7. The molecule has 0 bridgehead atoms. The molecule has 0 unspecified atom stereocenters. The third-order valence-corrected chi connectivity index (χ3v) is 6.02. The maximum Gasteiger partial charge on any atom is 0.231 e. The average molecular weight is 422 g/mol. The molecule has 1 fully saturated rings. The minimum Gasteiger partial charge on any atom is -0.504 e. The Morgan fingerprint density at radius 2 is 1.97 bits per heavy atom. The fraction of sp³-hybridized carbons (Fsp3) is 0.375. The van der Waals surface area contributed by atoms with Crippen molar-refractivity contribution in [1.82, 2.24) is 10.1 Å². The summed E-state index contributed by atoms with van der Waals surface area (Å²) in [5, 5.41) is 14.6. The van der Waals surface area contributed by atoms with E-state index in [9.17, 15) is 5.11 Å². The SMILES string of the molecule is COc1ccc(CN2CCCCC[C@H]2c2cc(-c3ccc4c(c3)OCO4)on2)cc1O. The van der Waals surface area contributed by atoms with Crippen molar-refractivity contribution >= 4 is 0 Å². The van der Waals surface area contributed by atoms with Crippen LogP contribution in [0.3, 0.4) is 0 Å². The first-order chi connectivity index (χ1) is 15.2. The number of aromatic nitrogens is 1. The minimum atomic E-state index is 0.165. The van der Waals surface area contributed by atoms with E-state index in [4.69, 9.17) is 18.7 Å². The van der Waals surface area contributed by atoms with Crippen LogP contribution >= 0.6 is 0 Å². The fourth-order valence-electron chi connectivity index (χ4n) is 4.39. The molecule has 3 aromatic rings. The van der Waals surface area contributed by atoms with Gasteiger partial charge in [-0.15, -0.1) is 0 Å². The minimum absolute atomic E-state index is 0.165. The van der Waals surface area contributed by atoms with Crippen molar-refractivity contribution in [2.45, 2.75) is 38.3 Å². The number of aromatic hydroxyl groups is 1. The third-order valence-electron chi connectivity index (χ3n) is 6.02. The summed E-state index contributed by atoms with van der Waals surface area (Å²) in [6.45, 7) is 1.95. The summed E-state index contributed by atoms with van der Waals surface area (Å²) in [4.78, 5) is 2.43. The lowest BCUT2D eigenvalue weighted by atomic mass is 10.0. The molecule has 1 aromatic heterocycles. The molecule has 7 nitrogen and oxygen atoms in total. The number of phenolic OH excluding ortho intramolecular Hbond substituents is 1. The van der Waals surface area contributed by atoms with Gasteiger partial charge in [-0.1, -0.05) is 24.1 Å². The zero-order chi connectivity index (χ0) is 21.2. The molecule has 1 saturated heterocycles. The van der Waals surface area contributed by atoms with Gasteiger partial charge in [0.2, 0.25) is 6.79 Å². The van der Waals surface area contributed by atoms with Crippen LogP contribution in [-0.2, 0) is 6.54 Å². The molecule has 31 heavy (non-hydrogen) atoms. The van der Waals surface area contributed by atoms with Gasteiger partial charge in [0, 0.05) is 18.2 Å². The summed E-state index contributed by atoms with van der Waals surface area (Å²) in [5.41, 5.74) is 2.90. The molecular formula is C24H26N2O5. The van der Waals surface area contributed by atoms with E-state index in [1.165, 1.54) is 6.42 Å². The second kappa shape index (κ2) is 8.51. The molecule has 0 saturated carbocycles. The first-order valence-electron chi connectivity index (χ1n) is 10.7. The van der Waals surface area contributed by atoms with Gasteiger partial charge in [0.25, 0.3) is 0 Å². The van der Waals surface area contributed by atoms with E-state index in [0.717, 1.165) is 66.4 Å². The number of phenols is 1. The number of benzene rings is 2. The lowest BCUT2D eigenvalue weighted by molar-refractivity contribution is 0.174. The second-order valence-corrected chi connectivity index (χ2v) is 8.03. The molecule has 2 aliphatic rings. The van der Waals surface area contributed by atoms with Crippen LogP contribution in [0.5, 0.6) is 23.0 Å². The number of hydrogen-bond donors (Lipinski definition) is 1. The lowest BCUT2D eigenvalue weighted by Gasteiger charge is -2.28. The van der Waals surface area contributed by atoms with Gasteiger partial charge in [0.1, 0.15) is 5.69 Å². The Labute approximate surface area is 181 Å². The summed E-state index contributed by atoms with van der Waals surface area (Å²) < 4.78 is 21.8. The van der Waals surface area contributed by atoms with E-state index in [-0.39, 0.29) is 18.6 Å². The zero-order valence-corrected chi connectivity index (χ0v) is 17.5. The smallest absolute Gasteiger partial charge is 0.231 e. The van der Waals surface area contributed by atoms with Gasteiger partial charge in [0.15, 0.2) is 28.8 Å². The molecule has 2 aromatic carbocycles. The van der Waals surface area contributed by atoms with Crippen LogP contribution in [0.15, 0.2) is 47.0 Å². The maximum absolute atomic E-state index is 10.2. The van der Waals surface area contributed by atoms with Crippen LogP contribution in [0.1, 0.15) is 43.0 Å². The van der Waals surface area contributed by atoms with E-state index < -0.39 is 0 Å². The van der Waals surface area contributed by atoms with E-state index in [0.29, 0.717) is 5.75 Å². The van der Waals surface area contributed by atoms with Crippen LogP contribution in [0.2, 0.25) is 0 Å². The Morgan fingerprint density at radius 3 is 2.84 bits per heavy atom. The van der Waals surface area contributed by atoms with E-state index in [1.54, 1.807) is 13.2 Å². The molecular weight excluding hydrogens is 396 g/mol. The summed E-state index contributed by atoms with van der Waals surface area (Å²) >= 11 is 0. The van der Waals surface area contributed by atoms with Crippen molar-refractivity contribution in [3.63, 3.8) is 0 Å². The van der Waals surface area contributed by atoms with Gasteiger partial charge in [-0.2, -0.15) is 0 Å². The van der Waals surface area contributed by atoms with Gasteiger partial charge < -0.3 is 23.8 Å². The Bertz CT molecular complexity index is 1060. The summed E-state index contributed by atoms with van der Waals surface area (Å²) in [7, 11) is 1.56. The van der Waals surface area contributed by atoms with Crippen LogP contribution in [0.25, 0.3) is 11.3 Å². The van der Waals surface area contributed by atoms with Crippen molar-refractivity contribution in [2.75, 3.05) is 20.4 Å². The number of rotatable bonds is 5. The number of ether oxygens (including phenoxy) is 3. The number of nitrogens with zero attached hydrogens (tertiary/aromatic N) is 2. The van der Waals surface area contributed by atoms with Crippen LogP contribution in [0, 0.1) is 0 Å². The molecule has 1 N–H and O–H groups in total. The van der Waals surface area contributed by atoms with Crippen molar-refractivity contribution in [3.8, 4) is 34.3 Å². The molecule has 0 amide bonds. The van der Waals surface area contributed by atoms with Crippen LogP contribution < -0.4 is 14.2 Å². The highest BCUT2D eigenvalue weighted by Gasteiger charge is 2.26. The Kier molecular flexibility index (Phi) is 5.42. The molecule has 162 valence electrons. The highest BCUT2D eigenvalue weighted by atomic mass is 16.7. The Hall–Kier alpha value is -3.19. The third kappa shape index (κ3) is 4.05. The molecule has 7 heteroatoms. The zero-order valence-electron chi connectivity index (χ0n) is 17.5. The lowest BCUT2D eigenvalue weighted by Crippen LogP contribution is -2.28. The van der Waals surface area contributed by atoms with Gasteiger partial charge in [0.05, 0.1) is 13.2 Å². The molecule has 5 rings (SSSR count). The molecule has 2 aliphatic heterocycles. The standard InChI is InChI=1S/C24H26N2O5/c1-28-21-8-6-16(11-20(21)27)14-26-10-4-2-3-5-19(26)18-13-23(31-25-18)17-7-9-22-24(12-17)30-15-29-22/h6-9,11-13,19,27H,2-5,10,14-15H2,1H3/t19-/m0/s1. The largest absolute Gasteiger partial charge is 0.504 e. The highest BCUT2D eigenvalue weighted by Crippen LogP contribution is 2.38. The summed E-state index contributed by atoms with van der Waals surface area (Å²) in [6, 6.07) is 13.6. The van der Waals surface area contributed by atoms with Gasteiger partial charge in [-0.25, -0.2) is 0 Å². The van der Waals surface area contributed by atoms with Crippen molar-refractivity contribution in [3.05, 3.63) is 53.7 Å². The Morgan fingerprint density at radius 1 is 1.06 bits per heavy atom. The predicted molar refractivity (Wildman–Crippen MR) is 114 cm³/mol. The number of likely N-dealkylation sites (tertiary alicyclic amines) is 1. The molecule has 0 aliphatic carbocycles. The number of fused-ring (bicyclic) bond motifs is 1. The summed E-state index contributed by atoms with van der Waals surface area (Å²) in [6.07, 6.45) is 4.52. The van der Waals surface area contributed by atoms with Gasteiger partial charge in [-0.3, -0.25) is 4.90 Å². The average Bonchev–Trinajstić information content (AvgIpc) is 3.40. The highest BCUT2D eigenvalue weighted by molar-refractivity contribution is 5.63. The molecule has 0 spiro atoms. The number of methoxy groups -OCH3 is 1. The fourth-order valence-corrected chi connectivity index (χ4v) is 4.39. The molecule has 1 atom stereocenters. The van der Waals surface area contributed by atoms with Crippen LogP contribution in [0.4, 0.5) is 0 Å². The van der Waals surface area contributed by atoms with Crippen LogP contribution in [-0.4, -0.2) is 35.6 Å². The Balaban J connectivity index is 1.39. The number of hydrogen-bond acceptors (Lipinski definition) is 7.